The van der Waals surface area contributed by atoms with Crippen molar-refractivity contribution in [2.45, 2.75) is 20.4 Å². The van der Waals surface area contributed by atoms with E-state index >= 15 is 0 Å². The van der Waals surface area contributed by atoms with Gasteiger partial charge in [0.2, 0.25) is 0 Å². The van der Waals surface area contributed by atoms with Crippen LogP contribution in [-0.2, 0) is 6.54 Å². The van der Waals surface area contributed by atoms with Crippen molar-refractivity contribution in [1.29, 1.82) is 0 Å². The highest BCUT2D eigenvalue weighted by atomic mass is 16.1. The summed E-state index contributed by atoms with van der Waals surface area (Å²) in [5.74, 6) is -0.0642. The second-order valence-electron chi connectivity index (χ2n) is 4.93. The molecule has 3 nitrogen and oxygen atoms in total. The Bertz CT molecular complexity index is 603. The van der Waals surface area contributed by atoms with Crippen molar-refractivity contribution in [3.05, 3.63) is 64.7 Å². The van der Waals surface area contributed by atoms with Gasteiger partial charge in [0, 0.05) is 24.8 Å². The average molecular weight is 268 g/mol. The summed E-state index contributed by atoms with van der Waals surface area (Å²) < 4.78 is 0. The smallest absolute Gasteiger partial charge is 0.251 e. The van der Waals surface area contributed by atoms with Crippen molar-refractivity contribution in [2.24, 2.45) is 0 Å². The van der Waals surface area contributed by atoms with Crippen LogP contribution in [0.25, 0.3) is 0 Å². The Hall–Kier alpha value is -2.29. The molecule has 2 aromatic carbocycles. The zero-order valence-corrected chi connectivity index (χ0v) is 12.2. The van der Waals surface area contributed by atoms with E-state index < -0.39 is 0 Å². The molecule has 0 bridgehead atoms. The number of anilines is 1. The number of benzene rings is 2. The van der Waals surface area contributed by atoms with E-state index in [0.717, 1.165) is 12.2 Å². The Balaban J connectivity index is 2.00. The minimum atomic E-state index is -0.0642. The third-order valence-electron chi connectivity index (χ3n) is 3.44. The standard InChI is InChI=1S/C17H20N2O/c1-12-4-5-14(10-13(12)2)11-19-16-8-6-15(7-9-16)17(20)18-3/h4-10,19H,11H2,1-3H3,(H,18,20). The van der Waals surface area contributed by atoms with Crippen LogP contribution in [0.15, 0.2) is 42.5 Å². The van der Waals surface area contributed by atoms with Gasteiger partial charge in [0.1, 0.15) is 0 Å². The van der Waals surface area contributed by atoms with Crippen molar-refractivity contribution >= 4 is 11.6 Å². The summed E-state index contributed by atoms with van der Waals surface area (Å²) in [6.45, 7) is 5.02. The van der Waals surface area contributed by atoms with E-state index in [9.17, 15) is 4.79 Å². The molecular formula is C17H20N2O. The van der Waals surface area contributed by atoms with Crippen LogP contribution < -0.4 is 10.6 Å². The molecular weight excluding hydrogens is 248 g/mol. The number of amides is 1. The predicted octanol–water partition coefficient (Wildman–Crippen LogP) is 3.28. The van der Waals surface area contributed by atoms with Gasteiger partial charge in [-0.25, -0.2) is 0 Å². The van der Waals surface area contributed by atoms with Gasteiger partial charge in [-0.15, -0.1) is 0 Å². The molecule has 0 aliphatic rings. The van der Waals surface area contributed by atoms with Gasteiger partial charge >= 0.3 is 0 Å². The summed E-state index contributed by atoms with van der Waals surface area (Å²) in [5, 5.41) is 5.97. The van der Waals surface area contributed by atoms with Crippen LogP contribution in [0.1, 0.15) is 27.0 Å². The molecule has 0 radical (unpaired) electrons. The first-order chi connectivity index (χ1) is 9.60. The summed E-state index contributed by atoms with van der Waals surface area (Å²) >= 11 is 0. The topological polar surface area (TPSA) is 41.1 Å². The van der Waals surface area contributed by atoms with E-state index in [1.807, 2.05) is 24.3 Å². The molecule has 0 fully saturated rings. The van der Waals surface area contributed by atoms with Crippen molar-refractivity contribution < 1.29 is 4.79 Å². The maximum atomic E-state index is 11.4. The van der Waals surface area contributed by atoms with Gasteiger partial charge in [0.25, 0.3) is 5.91 Å². The Morgan fingerprint density at radius 1 is 1.00 bits per heavy atom. The zero-order valence-electron chi connectivity index (χ0n) is 12.2. The molecule has 104 valence electrons. The molecule has 0 atom stereocenters. The maximum Gasteiger partial charge on any atom is 0.251 e. The van der Waals surface area contributed by atoms with Gasteiger partial charge in [-0.05, 0) is 54.8 Å². The van der Waals surface area contributed by atoms with Crippen LogP contribution in [0, 0.1) is 13.8 Å². The van der Waals surface area contributed by atoms with Gasteiger partial charge < -0.3 is 10.6 Å². The van der Waals surface area contributed by atoms with E-state index in [1.54, 1.807) is 7.05 Å². The molecule has 0 aliphatic carbocycles. The minimum absolute atomic E-state index is 0.0642. The SMILES string of the molecule is CNC(=O)c1ccc(NCc2ccc(C)c(C)c2)cc1. The lowest BCUT2D eigenvalue weighted by molar-refractivity contribution is 0.0963. The van der Waals surface area contributed by atoms with E-state index in [1.165, 1.54) is 16.7 Å². The van der Waals surface area contributed by atoms with Crippen LogP contribution in [0.5, 0.6) is 0 Å². The molecule has 0 saturated carbocycles. The fourth-order valence-electron chi connectivity index (χ4n) is 2.00. The lowest BCUT2D eigenvalue weighted by atomic mass is 10.1. The average Bonchev–Trinajstić information content (AvgIpc) is 2.48. The molecule has 0 unspecified atom stereocenters. The Morgan fingerprint density at radius 3 is 2.30 bits per heavy atom. The summed E-state index contributed by atoms with van der Waals surface area (Å²) in [6, 6.07) is 14.0. The number of carbonyl (C=O) groups excluding carboxylic acids is 1. The molecule has 20 heavy (non-hydrogen) atoms. The molecule has 0 saturated heterocycles. The Morgan fingerprint density at radius 2 is 1.70 bits per heavy atom. The lowest BCUT2D eigenvalue weighted by Crippen LogP contribution is -2.17. The van der Waals surface area contributed by atoms with Gasteiger partial charge in [-0.3, -0.25) is 4.79 Å². The van der Waals surface area contributed by atoms with Gasteiger partial charge in [-0.2, -0.15) is 0 Å². The van der Waals surface area contributed by atoms with Crippen LogP contribution in [0.3, 0.4) is 0 Å². The minimum Gasteiger partial charge on any atom is -0.381 e. The van der Waals surface area contributed by atoms with Crippen LogP contribution in [-0.4, -0.2) is 13.0 Å². The molecule has 0 spiro atoms. The molecule has 0 aromatic heterocycles. The van der Waals surface area contributed by atoms with E-state index in [4.69, 9.17) is 0 Å². The third-order valence-corrected chi connectivity index (χ3v) is 3.44. The first kappa shape index (κ1) is 14.1. The van der Waals surface area contributed by atoms with Gasteiger partial charge in [0.05, 0.1) is 0 Å². The number of rotatable bonds is 4. The number of carbonyl (C=O) groups is 1. The summed E-state index contributed by atoms with van der Waals surface area (Å²) in [6.07, 6.45) is 0. The van der Waals surface area contributed by atoms with Gasteiger partial charge in [-0.1, -0.05) is 18.2 Å². The second-order valence-corrected chi connectivity index (χ2v) is 4.93. The van der Waals surface area contributed by atoms with Gasteiger partial charge in [0.15, 0.2) is 0 Å². The van der Waals surface area contributed by atoms with E-state index in [2.05, 4.69) is 42.7 Å². The highest BCUT2D eigenvalue weighted by Crippen LogP contribution is 2.13. The number of hydrogen-bond acceptors (Lipinski definition) is 2. The van der Waals surface area contributed by atoms with Crippen molar-refractivity contribution in [3.63, 3.8) is 0 Å². The number of nitrogens with one attached hydrogen (secondary N) is 2. The van der Waals surface area contributed by atoms with Crippen molar-refractivity contribution in [2.75, 3.05) is 12.4 Å². The highest BCUT2D eigenvalue weighted by molar-refractivity contribution is 5.94. The Labute approximate surface area is 120 Å². The maximum absolute atomic E-state index is 11.4. The molecule has 3 heteroatoms. The first-order valence-corrected chi connectivity index (χ1v) is 6.72. The Kier molecular flexibility index (Phi) is 4.41. The lowest BCUT2D eigenvalue weighted by Gasteiger charge is -2.09. The van der Waals surface area contributed by atoms with Crippen molar-refractivity contribution in [3.8, 4) is 0 Å². The summed E-state index contributed by atoms with van der Waals surface area (Å²) in [4.78, 5) is 11.4. The number of aryl methyl sites for hydroxylation is 2. The van der Waals surface area contributed by atoms with Crippen LogP contribution in [0.4, 0.5) is 5.69 Å². The zero-order chi connectivity index (χ0) is 14.5. The molecule has 2 rings (SSSR count). The fraction of sp³-hybridized carbons (Fsp3) is 0.235. The predicted molar refractivity (Wildman–Crippen MR) is 83.1 cm³/mol. The molecule has 0 heterocycles. The summed E-state index contributed by atoms with van der Waals surface area (Å²) in [7, 11) is 1.63. The molecule has 2 N–H and O–H groups in total. The monoisotopic (exact) mass is 268 g/mol. The fourth-order valence-corrected chi connectivity index (χ4v) is 2.00. The third kappa shape index (κ3) is 3.38. The van der Waals surface area contributed by atoms with Crippen molar-refractivity contribution in [1.82, 2.24) is 5.32 Å². The second kappa shape index (κ2) is 6.24. The van der Waals surface area contributed by atoms with Crippen LogP contribution in [0.2, 0.25) is 0 Å². The molecule has 0 aliphatic heterocycles. The quantitative estimate of drug-likeness (QED) is 0.893. The normalized spacial score (nSPS) is 10.2. The van der Waals surface area contributed by atoms with Crippen LogP contribution >= 0.6 is 0 Å². The largest absolute Gasteiger partial charge is 0.381 e. The van der Waals surface area contributed by atoms with E-state index in [0.29, 0.717) is 5.56 Å². The molecule has 1 amide bonds. The highest BCUT2D eigenvalue weighted by Gasteiger charge is 2.02. The molecule has 2 aromatic rings. The number of hydrogen-bond donors (Lipinski definition) is 2. The first-order valence-electron chi connectivity index (χ1n) is 6.72. The van der Waals surface area contributed by atoms with E-state index in [-0.39, 0.29) is 5.91 Å². The summed E-state index contributed by atoms with van der Waals surface area (Å²) in [5.41, 5.74) is 5.55.